The monoisotopic (exact) mass is 341 g/mol. The lowest BCUT2D eigenvalue weighted by Gasteiger charge is -2.16. The summed E-state index contributed by atoms with van der Waals surface area (Å²) in [4.78, 5) is 38.3. The van der Waals surface area contributed by atoms with E-state index in [-0.39, 0.29) is 48.5 Å². The molecule has 1 aromatic rings. The molecule has 0 radical (unpaired) electrons. The van der Waals surface area contributed by atoms with Gasteiger partial charge >= 0.3 is 5.97 Å². The Bertz CT molecular complexity index is 724. The number of ether oxygens (including phenoxy) is 2. The SMILES string of the molecule is COc1ccc(OC(=O)CCN2C(=O)[C@@H]3[C@@H](C2=O)[C@H]2C=C[C@H]3C2)cc1. The third kappa shape index (κ3) is 2.62. The van der Waals surface area contributed by atoms with Crippen LogP contribution in [0.25, 0.3) is 0 Å². The second-order valence-electron chi connectivity index (χ2n) is 6.73. The van der Waals surface area contributed by atoms with Crippen LogP contribution in [-0.4, -0.2) is 36.3 Å². The van der Waals surface area contributed by atoms with E-state index >= 15 is 0 Å². The van der Waals surface area contributed by atoms with Crippen molar-refractivity contribution in [1.29, 1.82) is 0 Å². The molecule has 25 heavy (non-hydrogen) atoms. The highest BCUT2D eigenvalue weighted by molar-refractivity contribution is 6.06. The smallest absolute Gasteiger partial charge is 0.312 e. The van der Waals surface area contributed by atoms with Gasteiger partial charge in [-0.25, -0.2) is 0 Å². The van der Waals surface area contributed by atoms with Gasteiger partial charge in [0.15, 0.2) is 0 Å². The van der Waals surface area contributed by atoms with Crippen LogP contribution < -0.4 is 9.47 Å². The highest BCUT2D eigenvalue weighted by atomic mass is 16.5. The Morgan fingerprint density at radius 3 is 2.16 bits per heavy atom. The van der Waals surface area contributed by atoms with E-state index in [1.54, 1.807) is 31.4 Å². The molecule has 130 valence electrons. The van der Waals surface area contributed by atoms with Crippen molar-refractivity contribution in [2.24, 2.45) is 23.7 Å². The van der Waals surface area contributed by atoms with Crippen molar-refractivity contribution < 1.29 is 23.9 Å². The van der Waals surface area contributed by atoms with Gasteiger partial charge < -0.3 is 9.47 Å². The number of hydrogen-bond acceptors (Lipinski definition) is 5. The zero-order valence-electron chi connectivity index (χ0n) is 13.9. The minimum absolute atomic E-state index is 0.00822. The maximum atomic E-state index is 12.5. The summed E-state index contributed by atoms with van der Waals surface area (Å²) in [5, 5.41) is 0. The predicted molar refractivity (Wildman–Crippen MR) is 87.7 cm³/mol. The molecule has 0 aromatic heterocycles. The topological polar surface area (TPSA) is 72.9 Å². The maximum Gasteiger partial charge on any atom is 0.312 e. The number of rotatable bonds is 5. The molecule has 4 rings (SSSR count). The van der Waals surface area contributed by atoms with E-state index in [9.17, 15) is 14.4 Å². The Morgan fingerprint density at radius 2 is 1.60 bits per heavy atom. The average Bonchev–Trinajstić information content (AvgIpc) is 3.29. The lowest BCUT2D eigenvalue weighted by molar-refractivity contribution is -0.142. The second kappa shape index (κ2) is 6.02. The van der Waals surface area contributed by atoms with Crippen LogP contribution >= 0.6 is 0 Å². The summed E-state index contributed by atoms with van der Waals surface area (Å²) >= 11 is 0. The van der Waals surface area contributed by atoms with Gasteiger partial charge in [0, 0.05) is 6.54 Å². The van der Waals surface area contributed by atoms with Crippen molar-refractivity contribution in [2.75, 3.05) is 13.7 Å². The number of esters is 1. The number of allylic oxidation sites excluding steroid dienone is 2. The van der Waals surface area contributed by atoms with Gasteiger partial charge in [-0.2, -0.15) is 0 Å². The van der Waals surface area contributed by atoms with Crippen molar-refractivity contribution in [3.8, 4) is 11.5 Å². The zero-order chi connectivity index (χ0) is 17.6. The summed E-state index contributed by atoms with van der Waals surface area (Å²) in [7, 11) is 1.56. The van der Waals surface area contributed by atoms with Crippen LogP contribution in [0.15, 0.2) is 36.4 Å². The highest BCUT2D eigenvalue weighted by Gasteiger charge is 2.59. The molecule has 1 saturated carbocycles. The van der Waals surface area contributed by atoms with Gasteiger partial charge in [0.2, 0.25) is 11.8 Å². The van der Waals surface area contributed by atoms with Gasteiger partial charge in [-0.3, -0.25) is 19.3 Å². The number of carbonyl (C=O) groups is 3. The normalized spacial score (nSPS) is 29.2. The minimum Gasteiger partial charge on any atom is -0.497 e. The van der Waals surface area contributed by atoms with E-state index < -0.39 is 5.97 Å². The molecule has 0 unspecified atom stereocenters. The van der Waals surface area contributed by atoms with Crippen LogP contribution in [0.4, 0.5) is 0 Å². The molecule has 2 aliphatic carbocycles. The molecule has 1 aliphatic heterocycles. The van der Waals surface area contributed by atoms with Crippen molar-refractivity contribution >= 4 is 17.8 Å². The van der Waals surface area contributed by atoms with Crippen LogP contribution in [0.3, 0.4) is 0 Å². The Balaban J connectivity index is 1.34. The first-order chi connectivity index (χ1) is 12.1. The summed E-state index contributed by atoms with van der Waals surface area (Å²) < 4.78 is 10.3. The summed E-state index contributed by atoms with van der Waals surface area (Å²) in [6, 6.07) is 6.66. The fraction of sp³-hybridized carbons (Fsp3) is 0.421. The van der Waals surface area contributed by atoms with Crippen molar-refractivity contribution in [3.05, 3.63) is 36.4 Å². The van der Waals surface area contributed by atoms with E-state index in [0.29, 0.717) is 11.5 Å². The largest absolute Gasteiger partial charge is 0.497 e. The number of fused-ring (bicyclic) bond motifs is 5. The summed E-state index contributed by atoms with van der Waals surface area (Å²) in [5.74, 6) is 0.259. The molecule has 1 aromatic carbocycles. The molecule has 1 heterocycles. The first-order valence-corrected chi connectivity index (χ1v) is 8.47. The number of carbonyl (C=O) groups excluding carboxylic acids is 3. The van der Waals surface area contributed by atoms with Gasteiger partial charge in [0.05, 0.1) is 25.4 Å². The fourth-order valence-corrected chi connectivity index (χ4v) is 4.21. The Labute approximate surface area is 145 Å². The average molecular weight is 341 g/mol. The van der Waals surface area contributed by atoms with Gasteiger partial charge in [-0.1, -0.05) is 12.2 Å². The Morgan fingerprint density at radius 1 is 1.04 bits per heavy atom. The second-order valence-corrected chi connectivity index (χ2v) is 6.73. The molecule has 6 heteroatoms. The fourth-order valence-electron chi connectivity index (χ4n) is 4.21. The number of nitrogens with zero attached hydrogens (tertiary/aromatic N) is 1. The highest BCUT2D eigenvalue weighted by Crippen LogP contribution is 2.52. The van der Waals surface area contributed by atoms with Gasteiger partial charge in [-0.05, 0) is 42.5 Å². The number of hydrogen-bond donors (Lipinski definition) is 0. The third-order valence-electron chi connectivity index (χ3n) is 5.39. The van der Waals surface area contributed by atoms with Crippen LogP contribution in [0.5, 0.6) is 11.5 Å². The molecule has 1 saturated heterocycles. The number of benzene rings is 1. The van der Waals surface area contributed by atoms with Gasteiger partial charge in [0.25, 0.3) is 0 Å². The maximum absolute atomic E-state index is 12.5. The first kappa shape index (κ1) is 15.9. The van der Waals surface area contributed by atoms with Crippen molar-refractivity contribution in [2.45, 2.75) is 12.8 Å². The third-order valence-corrected chi connectivity index (χ3v) is 5.39. The number of amides is 2. The molecule has 6 nitrogen and oxygen atoms in total. The quantitative estimate of drug-likeness (QED) is 0.353. The minimum atomic E-state index is -0.469. The van der Waals surface area contributed by atoms with E-state index in [2.05, 4.69) is 12.2 Å². The van der Waals surface area contributed by atoms with E-state index in [4.69, 9.17) is 9.47 Å². The van der Waals surface area contributed by atoms with Gasteiger partial charge in [0.1, 0.15) is 11.5 Å². The molecule has 3 aliphatic rings. The standard InChI is InChI=1S/C19H19NO5/c1-24-13-4-6-14(7-5-13)25-15(21)8-9-20-18(22)16-11-2-3-12(10-11)17(16)19(20)23/h2-7,11-12,16-17H,8-10H2,1H3/t11-,12-,16-,17-/m0/s1. The van der Waals surface area contributed by atoms with Gasteiger partial charge in [-0.15, -0.1) is 0 Å². The van der Waals surface area contributed by atoms with Crippen LogP contribution in [0, 0.1) is 23.7 Å². The van der Waals surface area contributed by atoms with E-state index in [0.717, 1.165) is 6.42 Å². The molecule has 2 amide bonds. The molecule has 0 spiro atoms. The van der Waals surface area contributed by atoms with Crippen molar-refractivity contribution in [1.82, 2.24) is 4.90 Å². The molecule has 2 bridgehead atoms. The molecule has 4 atom stereocenters. The zero-order valence-corrected chi connectivity index (χ0v) is 13.9. The molecular weight excluding hydrogens is 322 g/mol. The Hall–Kier alpha value is -2.63. The predicted octanol–water partition coefficient (Wildman–Crippen LogP) is 1.80. The number of methoxy groups -OCH3 is 1. The first-order valence-electron chi connectivity index (χ1n) is 8.47. The van der Waals surface area contributed by atoms with Crippen LogP contribution in [0.1, 0.15) is 12.8 Å². The lowest BCUT2D eigenvalue weighted by atomic mass is 9.85. The van der Waals surface area contributed by atoms with Crippen LogP contribution in [-0.2, 0) is 14.4 Å². The summed E-state index contributed by atoms with van der Waals surface area (Å²) in [5.41, 5.74) is 0. The lowest BCUT2D eigenvalue weighted by Crippen LogP contribution is -2.35. The van der Waals surface area contributed by atoms with Crippen molar-refractivity contribution in [3.63, 3.8) is 0 Å². The molecule has 0 N–H and O–H groups in total. The molecular formula is C19H19NO5. The van der Waals surface area contributed by atoms with Crippen LogP contribution in [0.2, 0.25) is 0 Å². The summed E-state index contributed by atoms with van der Waals surface area (Å²) in [6.45, 7) is 0.0824. The Kier molecular flexibility index (Phi) is 3.82. The number of imide groups is 1. The molecule has 2 fully saturated rings. The summed E-state index contributed by atoms with van der Waals surface area (Å²) in [6.07, 6.45) is 5.00. The van der Waals surface area contributed by atoms with E-state index in [1.165, 1.54) is 4.90 Å². The van der Waals surface area contributed by atoms with E-state index in [1.807, 2.05) is 0 Å². The number of likely N-dealkylation sites (tertiary alicyclic amines) is 1.